The second-order valence-electron chi connectivity index (χ2n) is 8.24. The molecule has 0 bridgehead atoms. The van der Waals surface area contributed by atoms with Gasteiger partial charge in [0, 0.05) is 11.2 Å². The van der Waals surface area contributed by atoms with E-state index in [4.69, 9.17) is 11.6 Å². The van der Waals surface area contributed by atoms with Crippen molar-refractivity contribution in [1.29, 1.82) is 5.26 Å². The Kier molecular flexibility index (Phi) is 7.22. The Morgan fingerprint density at radius 3 is 2.49 bits per heavy atom. The maximum absolute atomic E-state index is 13.3. The Morgan fingerprint density at radius 1 is 1.16 bits per heavy atom. The Morgan fingerprint density at radius 2 is 1.86 bits per heavy atom. The largest absolute Gasteiger partial charge is 0.416 e. The van der Waals surface area contributed by atoms with Gasteiger partial charge in [-0.15, -0.1) is 5.10 Å². The number of aliphatic hydroxyl groups excluding tert-OH is 2. The van der Waals surface area contributed by atoms with Crippen LogP contribution in [-0.4, -0.2) is 46.4 Å². The van der Waals surface area contributed by atoms with E-state index in [9.17, 15) is 33.4 Å². The quantitative estimate of drug-likeness (QED) is 0.376. The number of rotatable bonds is 7. The third-order valence-electron chi connectivity index (χ3n) is 5.51. The fourth-order valence-electron chi connectivity index (χ4n) is 3.66. The molecule has 4 aromatic rings. The average molecular weight is 533 g/mol. The van der Waals surface area contributed by atoms with Crippen molar-refractivity contribution in [3.05, 3.63) is 87.4 Å². The average Bonchev–Trinajstić information content (AvgIpc) is 3.41. The number of hydrogen-bond acceptors (Lipinski definition) is 6. The Bertz CT molecular complexity index is 1520. The first kappa shape index (κ1) is 26.2. The molecule has 0 saturated carbocycles. The number of nitrogens with zero attached hydrogens (tertiary/aromatic N) is 6. The van der Waals surface area contributed by atoms with Crippen LogP contribution in [0.3, 0.4) is 0 Å². The van der Waals surface area contributed by atoms with Gasteiger partial charge in [-0.25, -0.2) is 14.5 Å². The highest BCUT2D eigenvalue weighted by Gasteiger charge is 2.39. The maximum Gasteiger partial charge on any atom is 0.416 e. The van der Waals surface area contributed by atoms with Crippen LogP contribution in [0.1, 0.15) is 30.2 Å². The van der Waals surface area contributed by atoms with Crippen molar-refractivity contribution in [2.45, 2.75) is 38.4 Å². The molecular formula is C24H20ClF3N6O3. The van der Waals surface area contributed by atoms with Crippen LogP contribution < -0.4 is 5.69 Å². The maximum atomic E-state index is 13.3. The van der Waals surface area contributed by atoms with Crippen LogP contribution in [0, 0.1) is 11.3 Å². The highest BCUT2D eigenvalue weighted by atomic mass is 35.5. The van der Waals surface area contributed by atoms with Crippen molar-refractivity contribution >= 4 is 11.6 Å². The van der Waals surface area contributed by atoms with Gasteiger partial charge in [-0.05, 0) is 42.8 Å². The van der Waals surface area contributed by atoms with E-state index < -0.39 is 30.6 Å². The first-order chi connectivity index (χ1) is 17.5. The lowest BCUT2D eigenvalue weighted by Crippen LogP contribution is -2.37. The highest BCUT2D eigenvalue weighted by molar-refractivity contribution is 6.30. The van der Waals surface area contributed by atoms with E-state index >= 15 is 0 Å². The summed E-state index contributed by atoms with van der Waals surface area (Å²) in [4.78, 5) is 17.6. The molecule has 13 heteroatoms. The van der Waals surface area contributed by atoms with Crippen molar-refractivity contribution in [2.75, 3.05) is 0 Å². The molecular weight excluding hydrogens is 513 g/mol. The minimum Gasteiger partial charge on any atom is -0.385 e. The Hall–Kier alpha value is -3.92. The molecule has 0 aliphatic heterocycles. The summed E-state index contributed by atoms with van der Waals surface area (Å²) in [5.74, 6) is 0.236. The van der Waals surface area contributed by atoms with E-state index in [1.54, 1.807) is 30.3 Å². The van der Waals surface area contributed by atoms with E-state index in [2.05, 4.69) is 10.1 Å². The summed E-state index contributed by atoms with van der Waals surface area (Å²) in [6, 6.07) is 14.5. The molecule has 2 aromatic carbocycles. The molecule has 2 unspecified atom stereocenters. The normalized spacial score (nSPS) is 13.4. The lowest BCUT2D eigenvalue weighted by molar-refractivity contribution is -0.207. The first-order valence-corrected chi connectivity index (χ1v) is 11.3. The van der Waals surface area contributed by atoms with Crippen LogP contribution in [0.5, 0.6) is 0 Å². The number of benzene rings is 2. The number of alkyl halides is 3. The zero-order valence-corrected chi connectivity index (χ0v) is 20.0. The third-order valence-corrected chi connectivity index (χ3v) is 5.77. The van der Waals surface area contributed by atoms with Crippen molar-refractivity contribution < 1.29 is 23.4 Å². The second-order valence-corrected chi connectivity index (χ2v) is 8.67. The molecule has 2 aromatic heterocycles. The number of imidazole rings is 1. The second kappa shape index (κ2) is 10.2. The van der Waals surface area contributed by atoms with Crippen LogP contribution in [0.2, 0.25) is 5.02 Å². The van der Waals surface area contributed by atoms with Crippen LogP contribution in [0.15, 0.2) is 59.5 Å². The molecule has 2 N–H and O–H groups in total. The predicted octanol–water partition coefficient (Wildman–Crippen LogP) is 3.45. The predicted molar refractivity (Wildman–Crippen MR) is 127 cm³/mol. The van der Waals surface area contributed by atoms with E-state index in [0.29, 0.717) is 21.8 Å². The monoisotopic (exact) mass is 532 g/mol. The molecule has 0 aliphatic rings. The van der Waals surface area contributed by atoms with Crippen molar-refractivity contribution in [3.63, 3.8) is 0 Å². The summed E-state index contributed by atoms with van der Waals surface area (Å²) in [6.07, 6.45) is -7.41. The topological polar surface area (TPSA) is 122 Å². The van der Waals surface area contributed by atoms with Gasteiger partial charge in [-0.2, -0.15) is 18.4 Å². The zero-order valence-electron chi connectivity index (χ0n) is 19.3. The van der Waals surface area contributed by atoms with Gasteiger partial charge in [-0.1, -0.05) is 29.8 Å². The molecule has 0 fully saturated rings. The number of nitriles is 1. The zero-order chi connectivity index (χ0) is 26.9. The standard InChI is InChI=1S/C24H20ClF3N6O3/c1-14(35)22-30-21(34(31-22)18-4-2-3-15(9-18)10-29)13-32-11-19(16-5-7-17(25)8-6-16)33(23(32)37)12-20(36)24(26,27)28/h2-9,11,14,20,35-36H,12-13H2,1H3. The molecule has 192 valence electrons. The molecule has 2 heterocycles. The molecule has 0 aliphatic carbocycles. The van der Waals surface area contributed by atoms with Crippen molar-refractivity contribution in [2.24, 2.45) is 0 Å². The molecule has 2 atom stereocenters. The van der Waals surface area contributed by atoms with Gasteiger partial charge in [0.05, 0.1) is 36.1 Å². The number of aliphatic hydroxyl groups is 2. The summed E-state index contributed by atoms with van der Waals surface area (Å²) < 4.78 is 42.7. The smallest absolute Gasteiger partial charge is 0.385 e. The highest BCUT2D eigenvalue weighted by Crippen LogP contribution is 2.25. The van der Waals surface area contributed by atoms with Crippen molar-refractivity contribution in [1.82, 2.24) is 23.9 Å². The summed E-state index contributed by atoms with van der Waals surface area (Å²) in [7, 11) is 0. The third kappa shape index (κ3) is 5.59. The SMILES string of the molecule is CC(O)c1nc(Cn2cc(-c3ccc(Cl)cc3)n(CC(O)C(F)(F)F)c2=O)n(-c2cccc(C#N)c2)n1. The number of hydrogen-bond donors (Lipinski definition) is 2. The van der Waals surface area contributed by atoms with Crippen LogP contribution >= 0.6 is 11.6 Å². The van der Waals surface area contributed by atoms with E-state index in [1.165, 1.54) is 36.0 Å². The van der Waals surface area contributed by atoms with Gasteiger partial charge in [0.1, 0.15) is 6.10 Å². The lowest BCUT2D eigenvalue weighted by Gasteiger charge is -2.16. The first-order valence-electron chi connectivity index (χ1n) is 10.9. The van der Waals surface area contributed by atoms with E-state index in [0.717, 1.165) is 9.13 Å². The summed E-state index contributed by atoms with van der Waals surface area (Å²) in [6.45, 7) is 0.198. The number of aromatic nitrogens is 5. The van der Waals surface area contributed by atoms with Crippen LogP contribution in [-0.2, 0) is 13.1 Å². The minimum absolute atomic E-state index is 0.0512. The minimum atomic E-state index is -4.93. The van der Waals surface area contributed by atoms with Gasteiger partial charge in [0.15, 0.2) is 17.8 Å². The van der Waals surface area contributed by atoms with E-state index in [-0.39, 0.29) is 23.9 Å². The fourth-order valence-corrected chi connectivity index (χ4v) is 3.78. The molecule has 37 heavy (non-hydrogen) atoms. The van der Waals surface area contributed by atoms with Crippen molar-refractivity contribution in [3.8, 4) is 23.0 Å². The Balaban J connectivity index is 1.82. The van der Waals surface area contributed by atoms with Gasteiger partial charge in [0.25, 0.3) is 0 Å². The van der Waals surface area contributed by atoms with E-state index in [1.807, 2.05) is 6.07 Å². The number of halogens is 4. The summed E-state index contributed by atoms with van der Waals surface area (Å²) >= 11 is 5.93. The summed E-state index contributed by atoms with van der Waals surface area (Å²) in [5.41, 5.74) is 0.478. The Labute approximate surface area is 213 Å². The van der Waals surface area contributed by atoms with Gasteiger partial charge in [-0.3, -0.25) is 9.13 Å². The molecule has 0 radical (unpaired) electrons. The molecule has 0 spiro atoms. The summed E-state index contributed by atoms with van der Waals surface area (Å²) in [5, 5.41) is 33.6. The molecule has 0 amide bonds. The fraction of sp³-hybridized carbons (Fsp3) is 0.250. The molecule has 0 saturated heterocycles. The molecule has 4 rings (SSSR count). The van der Waals surface area contributed by atoms with Gasteiger partial charge >= 0.3 is 11.9 Å². The molecule has 9 nitrogen and oxygen atoms in total. The van der Waals surface area contributed by atoms with Crippen LogP contribution in [0.4, 0.5) is 13.2 Å². The van der Waals surface area contributed by atoms with Gasteiger partial charge in [0.2, 0.25) is 0 Å². The lowest BCUT2D eigenvalue weighted by atomic mass is 10.1. The van der Waals surface area contributed by atoms with Gasteiger partial charge < -0.3 is 10.2 Å². The van der Waals surface area contributed by atoms with Crippen LogP contribution in [0.25, 0.3) is 16.9 Å².